The maximum absolute atomic E-state index is 12.2. The van der Waals surface area contributed by atoms with Crippen LogP contribution in [-0.4, -0.2) is 24.9 Å². The van der Waals surface area contributed by atoms with Gasteiger partial charge in [0.05, 0.1) is 17.2 Å². The Hall–Kier alpha value is -1.56. The Morgan fingerprint density at radius 1 is 1.29 bits per heavy atom. The van der Waals surface area contributed by atoms with Crippen LogP contribution >= 0.6 is 11.3 Å². The first-order valence-corrected chi connectivity index (χ1v) is 7.98. The molecule has 6 heteroatoms. The Bertz CT molecular complexity index is 521. The van der Waals surface area contributed by atoms with E-state index in [0.717, 1.165) is 0 Å². The SMILES string of the molecule is CCOC(=O)c1c(NCC(C)C)sc(C(=O)C(C)C)c1N. The number of nitrogens with two attached hydrogens (primary N) is 1. The van der Waals surface area contributed by atoms with Crippen molar-refractivity contribution in [1.29, 1.82) is 0 Å². The molecule has 0 aliphatic carbocycles. The van der Waals surface area contributed by atoms with Crippen molar-refractivity contribution in [3.05, 3.63) is 10.4 Å². The van der Waals surface area contributed by atoms with Crippen molar-refractivity contribution in [3.8, 4) is 0 Å². The summed E-state index contributed by atoms with van der Waals surface area (Å²) in [6.45, 7) is 10.5. The lowest BCUT2D eigenvalue weighted by molar-refractivity contribution is 0.0529. The first-order chi connectivity index (χ1) is 9.79. The van der Waals surface area contributed by atoms with E-state index >= 15 is 0 Å². The Balaban J connectivity index is 3.23. The average molecular weight is 312 g/mol. The monoisotopic (exact) mass is 312 g/mol. The number of thiophene rings is 1. The number of carbonyl (C=O) groups is 2. The van der Waals surface area contributed by atoms with Crippen LogP contribution < -0.4 is 11.1 Å². The Labute approximate surface area is 129 Å². The van der Waals surface area contributed by atoms with E-state index in [2.05, 4.69) is 19.2 Å². The molecule has 1 heterocycles. The normalized spacial score (nSPS) is 11.0. The van der Waals surface area contributed by atoms with Gasteiger partial charge < -0.3 is 15.8 Å². The van der Waals surface area contributed by atoms with E-state index in [9.17, 15) is 9.59 Å². The number of rotatable bonds is 7. The van der Waals surface area contributed by atoms with Gasteiger partial charge >= 0.3 is 5.97 Å². The first-order valence-electron chi connectivity index (χ1n) is 7.16. The van der Waals surface area contributed by atoms with E-state index in [1.807, 2.05) is 13.8 Å². The summed E-state index contributed by atoms with van der Waals surface area (Å²) in [7, 11) is 0. The minimum atomic E-state index is -0.486. The lowest BCUT2D eigenvalue weighted by Crippen LogP contribution is -2.13. The summed E-state index contributed by atoms with van der Waals surface area (Å²) in [5.41, 5.74) is 6.54. The molecule has 0 radical (unpaired) electrons. The number of anilines is 2. The van der Waals surface area contributed by atoms with E-state index in [-0.39, 0.29) is 29.6 Å². The second kappa shape index (κ2) is 7.45. The maximum atomic E-state index is 12.2. The van der Waals surface area contributed by atoms with Crippen LogP contribution in [0.2, 0.25) is 0 Å². The van der Waals surface area contributed by atoms with Crippen LogP contribution in [0.5, 0.6) is 0 Å². The van der Waals surface area contributed by atoms with E-state index in [4.69, 9.17) is 10.5 Å². The van der Waals surface area contributed by atoms with Crippen molar-refractivity contribution in [3.63, 3.8) is 0 Å². The second-order valence-electron chi connectivity index (χ2n) is 5.56. The van der Waals surface area contributed by atoms with Crippen molar-refractivity contribution in [1.82, 2.24) is 0 Å². The first kappa shape index (κ1) is 17.5. The fourth-order valence-corrected chi connectivity index (χ4v) is 2.92. The van der Waals surface area contributed by atoms with Crippen molar-refractivity contribution < 1.29 is 14.3 Å². The van der Waals surface area contributed by atoms with Gasteiger partial charge in [0.15, 0.2) is 5.78 Å². The number of nitrogens with one attached hydrogen (secondary N) is 1. The van der Waals surface area contributed by atoms with Crippen LogP contribution in [-0.2, 0) is 4.74 Å². The van der Waals surface area contributed by atoms with Crippen molar-refractivity contribution in [2.24, 2.45) is 11.8 Å². The topological polar surface area (TPSA) is 81.4 Å². The molecule has 0 aliphatic rings. The highest BCUT2D eigenvalue weighted by Crippen LogP contribution is 2.37. The number of nitrogen functional groups attached to an aromatic ring is 1. The molecule has 0 bridgehead atoms. The van der Waals surface area contributed by atoms with Crippen LogP contribution in [0.1, 0.15) is 54.6 Å². The number of Topliss-reactive ketones (excluding diaryl/α,β-unsaturated/α-hetero) is 1. The zero-order valence-electron chi connectivity index (χ0n) is 13.3. The second-order valence-corrected chi connectivity index (χ2v) is 6.58. The van der Waals surface area contributed by atoms with E-state index in [1.54, 1.807) is 6.92 Å². The molecule has 0 aliphatic heterocycles. The van der Waals surface area contributed by atoms with Crippen LogP contribution in [0.4, 0.5) is 10.7 Å². The smallest absolute Gasteiger partial charge is 0.343 e. The molecular formula is C15H24N2O3S. The molecule has 0 saturated carbocycles. The summed E-state index contributed by atoms with van der Waals surface area (Å²) in [5, 5.41) is 3.81. The average Bonchev–Trinajstić information content (AvgIpc) is 2.72. The molecule has 5 nitrogen and oxygen atoms in total. The van der Waals surface area contributed by atoms with Gasteiger partial charge in [-0.3, -0.25) is 4.79 Å². The molecule has 0 fully saturated rings. The highest BCUT2D eigenvalue weighted by atomic mass is 32.1. The molecule has 0 atom stereocenters. The van der Waals surface area contributed by atoms with Crippen molar-refractivity contribution >= 4 is 33.8 Å². The number of carbonyl (C=O) groups excluding carboxylic acids is 2. The molecule has 1 aromatic heterocycles. The van der Waals surface area contributed by atoms with Gasteiger partial charge in [-0.05, 0) is 12.8 Å². The maximum Gasteiger partial charge on any atom is 0.343 e. The van der Waals surface area contributed by atoms with Gasteiger partial charge in [-0.1, -0.05) is 27.7 Å². The number of ketones is 1. The van der Waals surface area contributed by atoms with Gasteiger partial charge in [0, 0.05) is 12.5 Å². The zero-order valence-corrected chi connectivity index (χ0v) is 14.1. The van der Waals surface area contributed by atoms with Crippen LogP contribution in [0.15, 0.2) is 0 Å². The highest BCUT2D eigenvalue weighted by Gasteiger charge is 2.27. The molecule has 0 saturated heterocycles. The minimum absolute atomic E-state index is 0.0550. The van der Waals surface area contributed by atoms with Gasteiger partial charge in [-0.15, -0.1) is 11.3 Å². The molecule has 1 aromatic rings. The summed E-state index contributed by atoms with van der Waals surface area (Å²) >= 11 is 1.23. The standard InChI is InChI=1S/C15H24N2O3S/c1-6-20-15(19)10-11(16)13(12(18)9(4)5)21-14(10)17-7-8(2)3/h8-9,17H,6-7,16H2,1-5H3. The van der Waals surface area contributed by atoms with E-state index in [0.29, 0.717) is 22.3 Å². The number of ether oxygens (including phenoxy) is 1. The summed E-state index contributed by atoms with van der Waals surface area (Å²) in [6.07, 6.45) is 0. The van der Waals surface area contributed by atoms with Gasteiger partial charge in [0.1, 0.15) is 10.6 Å². The lowest BCUT2D eigenvalue weighted by Gasteiger charge is -2.09. The Kier molecular flexibility index (Phi) is 6.20. The predicted molar refractivity (Wildman–Crippen MR) is 87.2 cm³/mol. The molecule has 0 unspecified atom stereocenters. The molecule has 118 valence electrons. The van der Waals surface area contributed by atoms with E-state index in [1.165, 1.54) is 11.3 Å². The fourth-order valence-electron chi connectivity index (χ4n) is 1.72. The third kappa shape index (κ3) is 4.20. The Morgan fingerprint density at radius 2 is 1.90 bits per heavy atom. The van der Waals surface area contributed by atoms with Crippen LogP contribution in [0.3, 0.4) is 0 Å². The molecule has 1 rings (SSSR count). The zero-order chi connectivity index (χ0) is 16.2. The molecule has 21 heavy (non-hydrogen) atoms. The largest absolute Gasteiger partial charge is 0.462 e. The van der Waals surface area contributed by atoms with Gasteiger partial charge in [-0.25, -0.2) is 4.79 Å². The summed E-state index contributed by atoms with van der Waals surface area (Å²) in [5.74, 6) is -0.299. The van der Waals surface area contributed by atoms with Gasteiger partial charge in [0.25, 0.3) is 0 Å². The Morgan fingerprint density at radius 3 is 2.38 bits per heavy atom. The van der Waals surface area contributed by atoms with Crippen LogP contribution in [0, 0.1) is 11.8 Å². The van der Waals surface area contributed by atoms with Gasteiger partial charge in [0.2, 0.25) is 0 Å². The number of hydrogen-bond acceptors (Lipinski definition) is 6. The van der Waals surface area contributed by atoms with Crippen LogP contribution in [0.25, 0.3) is 0 Å². The quantitative estimate of drug-likeness (QED) is 0.595. The number of esters is 1. The predicted octanol–water partition coefficient (Wildman–Crippen LogP) is 3.41. The number of hydrogen-bond donors (Lipinski definition) is 2. The summed E-state index contributed by atoms with van der Waals surface area (Å²) < 4.78 is 5.05. The molecular weight excluding hydrogens is 288 g/mol. The highest BCUT2D eigenvalue weighted by molar-refractivity contribution is 7.19. The fraction of sp³-hybridized carbons (Fsp3) is 0.600. The van der Waals surface area contributed by atoms with E-state index < -0.39 is 5.97 Å². The third-order valence-corrected chi connectivity index (χ3v) is 4.02. The van der Waals surface area contributed by atoms with Crippen molar-refractivity contribution in [2.45, 2.75) is 34.6 Å². The third-order valence-electron chi connectivity index (χ3n) is 2.84. The van der Waals surface area contributed by atoms with Gasteiger partial charge in [-0.2, -0.15) is 0 Å². The lowest BCUT2D eigenvalue weighted by atomic mass is 10.1. The summed E-state index contributed by atoms with van der Waals surface area (Å²) in [4.78, 5) is 24.7. The minimum Gasteiger partial charge on any atom is -0.462 e. The molecule has 0 aromatic carbocycles. The summed E-state index contributed by atoms with van der Waals surface area (Å²) in [6, 6.07) is 0. The molecule has 3 N–H and O–H groups in total. The van der Waals surface area contributed by atoms with Crippen molar-refractivity contribution in [2.75, 3.05) is 24.2 Å². The molecule has 0 amide bonds. The molecule has 0 spiro atoms.